The molecule has 0 radical (unpaired) electrons. The van der Waals surface area contributed by atoms with Crippen LogP contribution >= 0.6 is 11.6 Å². The Kier molecular flexibility index (Phi) is 10.3. The highest BCUT2D eigenvalue weighted by Crippen LogP contribution is 2.29. The van der Waals surface area contributed by atoms with Gasteiger partial charge in [0, 0.05) is 30.1 Å². The van der Waals surface area contributed by atoms with Gasteiger partial charge in [-0.05, 0) is 53.8 Å². The van der Waals surface area contributed by atoms with Crippen molar-refractivity contribution in [3.8, 4) is 11.5 Å². The molecule has 0 bridgehead atoms. The Morgan fingerprint density at radius 2 is 1.67 bits per heavy atom. The number of hydrogen-bond donors (Lipinski definition) is 2. The fourth-order valence-electron chi connectivity index (χ4n) is 4.41. The topological polar surface area (TPSA) is 98.0 Å². The van der Waals surface area contributed by atoms with Crippen LogP contribution in [0.25, 0.3) is 23.1 Å². The zero-order valence-corrected chi connectivity index (χ0v) is 23.2. The van der Waals surface area contributed by atoms with Crippen LogP contribution in [0.4, 0.5) is 8.78 Å². The summed E-state index contributed by atoms with van der Waals surface area (Å²) < 4.78 is 39.5. The minimum atomic E-state index is -0.966. The normalized spacial score (nSPS) is 11.5. The van der Waals surface area contributed by atoms with Gasteiger partial charge < -0.3 is 24.3 Å². The Morgan fingerprint density at radius 1 is 0.929 bits per heavy atom. The molecule has 0 saturated heterocycles. The van der Waals surface area contributed by atoms with E-state index < -0.39 is 23.6 Å². The second kappa shape index (κ2) is 14.3. The summed E-state index contributed by atoms with van der Waals surface area (Å²) >= 11 is 5.77. The second-order valence-electron chi connectivity index (χ2n) is 9.36. The molecule has 3 aromatic carbocycles. The van der Waals surface area contributed by atoms with Crippen molar-refractivity contribution in [2.45, 2.75) is 25.8 Å². The van der Waals surface area contributed by atoms with Gasteiger partial charge in [-0.15, -0.1) is 0 Å². The Balaban J connectivity index is 1.37. The number of fused-ring (bicyclic) bond motifs is 1. The number of rotatable bonds is 14. The lowest BCUT2D eigenvalue weighted by atomic mass is 10.0. The molecule has 218 valence electrons. The van der Waals surface area contributed by atoms with E-state index >= 15 is 0 Å². The van der Waals surface area contributed by atoms with Crippen molar-refractivity contribution in [1.29, 1.82) is 0 Å². The smallest absolute Gasteiger partial charge is 0.323 e. The molecular formula is C32H28ClF2NO6. The highest BCUT2D eigenvalue weighted by Gasteiger charge is 2.14. The monoisotopic (exact) mass is 595 g/mol. The number of hydrogen-bond acceptors (Lipinski definition) is 4. The minimum Gasteiger partial charge on any atom is -0.490 e. The highest BCUT2D eigenvalue weighted by atomic mass is 35.5. The summed E-state index contributed by atoms with van der Waals surface area (Å²) in [5.74, 6) is -2.94. The van der Waals surface area contributed by atoms with E-state index in [1.165, 1.54) is 0 Å². The summed E-state index contributed by atoms with van der Waals surface area (Å²) in [5, 5.41) is 19.0. The third-order valence-electron chi connectivity index (χ3n) is 6.30. The van der Waals surface area contributed by atoms with E-state index in [1.807, 2.05) is 54.6 Å². The first kappa shape index (κ1) is 30.3. The SMILES string of the molecule is O=C(O)CCCc1cn(CC(=O)O)c2c(C=Cc3ccc(OC/C=C/COc4cc(F)cc(F)c4Cl)cc3)cccc12. The van der Waals surface area contributed by atoms with Gasteiger partial charge in [0.15, 0.2) is 0 Å². The number of carboxylic acids is 2. The van der Waals surface area contributed by atoms with Crippen LogP contribution in [0.5, 0.6) is 11.5 Å². The maximum absolute atomic E-state index is 13.5. The van der Waals surface area contributed by atoms with E-state index in [4.69, 9.17) is 26.2 Å². The van der Waals surface area contributed by atoms with Crippen LogP contribution in [0.2, 0.25) is 5.02 Å². The molecule has 0 aliphatic rings. The lowest BCUT2D eigenvalue weighted by Crippen LogP contribution is -2.07. The summed E-state index contributed by atoms with van der Waals surface area (Å²) in [6, 6.07) is 14.8. The molecule has 0 atom stereocenters. The number of halogens is 3. The summed E-state index contributed by atoms with van der Waals surface area (Å²) in [6.45, 7) is 0.104. The van der Waals surface area contributed by atoms with Gasteiger partial charge >= 0.3 is 11.9 Å². The molecule has 2 N–H and O–H groups in total. The molecule has 4 rings (SSSR count). The predicted molar refractivity (Wildman–Crippen MR) is 157 cm³/mol. The van der Waals surface area contributed by atoms with Gasteiger partial charge in [-0.3, -0.25) is 9.59 Å². The van der Waals surface area contributed by atoms with Crippen molar-refractivity contribution in [3.05, 3.63) is 106 Å². The van der Waals surface area contributed by atoms with E-state index in [0.29, 0.717) is 24.7 Å². The molecular weight excluding hydrogens is 568 g/mol. The maximum Gasteiger partial charge on any atom is 0.323 e. The van der Waals surface area contributed by atoms with Crippen LogP contribution < -0.4 is 9.47 Å². The fourth-order valence-corrected chi connectivity index (χ4v) is 4.58. The van der Waals surface area contributed by atoms with Crippen molar-refractivity contribution in [3.63, 3.8) is 0 Å². The van der Waals surface area contributed by atoms with Gasteiger partial charge in [0.2, 0.25) is 0 Å². The van der Waals surface area contributed by atoms with E-state index in [1.54, 1.807) is 22.9 Å². The van der Waals surface area contributed by atoms with Gasteiger partial charge in [-0.25, -0.2) is 8.78 Å². The van der Waals surface area contributed by atoms with E-state index in [-0.39, 0.29) is 37.0 Å². The van der Waals surface area contributed by atoms with Gasteiger partial charge in [0.05, 0.1) is 5.52 Å². The largest absolute Gasteiger partial charge is 0.490 e. The van der Waals surface area contributed by atoms with Crippen LogP contribution in [-0.2, 0) is 22.6 Å². The van der Waals surface area contributed by atoms with Gasteiger partial charge in [-0.2, -0.15) is 0 Å². The summed E-state index contributed by atoms with van der Waals surface area (Å²) in [5.41, 5.74) is 3.44. The third-order valence-corrected chi connectivity index (χ3v) is 6.66. The molecule has 0 amide bonds. The van der Waals surface area contributed by atoms with Crippen molar-refractivity contribution < 1.29 is 38.1 Å². The molecule has 0 aliphatic carbocycles. The Morgan fingerprint density at radius 3 is 2.38 bits per heavy atom. The lowest BCUT2D eigenvalue weighted by molar-refractivity contribution is -0.138. The zero-order valence-electron chi connectivity index (χ0n) is 22.4. The average molecular weight is 596 g/mol. The summed E-state index contributed by atoms with van der Waals surface area (Å²) in [6.07, 6.45) is 10.0. The third kappa shape index (κ3) is 8.20. The summed E-state index contributed by atoms with van der Waals surface area (Å²) in [4.78, 5) is 22.4. The van der Waals surface area contributed by atoms with Crippen LogP contribution in [0, 0.1) is 11.6 Å². The van der Waals surface area contributed by atoms with E-state index in [9.17, 15) is 23.5 Å². The first-order chi connectivity index (χ1) is 20.2. The van der Waals surface area contributed by atoms with Crippen molar-refractivity contribution in [2.75, 3.05) is 13.2 Å². The molecule has 0 unspecified atom stereocenters. The van der Waals surface area contributed by atoms with Gasteiger partial charge in [0.1, 0.15) is 47.9 Å². The van der Waals surface area contributed by atoms with Crippen LogP contribution in [0.3, 0.4) is 0 Å². The number of ether oxygens (including phenoxy) is 2. The standard InChI is InChI=1S/C32H28ClF2NO6/c33-31-27(35)17-24(34)18-28(31)42-16-2-1-15-41-25-13-10-21(11-14-25)9-12-22-5-3-7-26-23(6-4-8-29(37)38)19-36(32(22)26)20-30(39)40/h1-3,5,7,9-14,17-19H,4,6,8,15-16,20H2,(H,37,38)(H,39,40)/b2-1+,12-9?. The van der Waals surface area contributed by atoms with Crippen molar-refractivity contribution in [1.82, 2.24) is 4.57 Å². The average Bonchev–Trinajstić information content (AvgIpc) is 3.29. The number of carbonyl (C=O) groups is 2. The Hall–Kier alpha value is -4.63. The van der Waals surface area contributed by atoms with Crippen LogP contribution in [0.1, 0.15) is 29.5 Å². The molecule has 0 fully saturated rings. The molecule has 0 spiro atoms. The predicted octanol–water partition coefficient (Wildman–Crippen LogP) is 7.25. The molecule has 42 heavy (non-hydrogen) atoms. The molecule has 0 saturated carbocycles. The zero-order chi connectivity index (χ0) is 30.1. The molecule has 4 aromatic rings. The lowest BCUT2D eigenvalue weighted by Gasteiger charge is -2.07. The molecule has 1 aromatic heterocycles. The molecule has 0 aliphatic heterocycles. The molecule has 7 nitrogen and oxygen atoms in total. The van der Waals surface area contributed by atoms with E-state index in [2.05, 4.69) is 0 Å². The molecule has 1 heterocycles. The number of benzene rings is 3. The van der Waals surface area contributed by atoms with Crippen molar-refractivity contribution in [2.24, 2.45) is 0 Å². The van der Waals surface area contributed by atoms with E-state index in [0.717, 1.165) is 33.7 Å². The highest BCUT2D eigenvalue weighted by molar-refractivity contribution is 6.32. The molecule has 10 heteroatoms. The number of aryl methyl sites for hydroxylation is 1. The van der Waals surface area contributed by atoms with Crippen molar-refractivity contribution >= 4 is 46.6 Å². The number of aromatic nitrogens is 1. The fraction of sp³-hybridized carbons (Fsp3) is 0.188. The number of aliphatic carboxylic acids is 2. The van der Waals surface area contributed by atoms with Gasteiger partial charge in [0.25, 0.3) is 0 Å². The first-order valence-electron chi connectivity index (χ1n) is 13.1. The number of para-hydroxylation sites is 1. The second-order valence-corrected chi connectivity index (χ2v) is 9.74. The summed E-state index contributed by atoms with van der Waals surface area (Å²) in [7, 11) is 0. The van der Waals surface area contributed by atoms with Crippen LogP contribution in [-0.4, -0.2) is 39.9 Å². The number of nitrogens with zero attached hydrogens (tertiary/aromatic N) is 1. The van der Waals surface area contributed by atoms with Crippen LogP contribution in [0.15, 0.2) is 72.9 Å². The van der Waals surface area contributed by atoms with Gasteiger partial charge in [-0.1, -0.05) is 54.1 Å². The quantitative estimate of drug-likeness (QED) is 0.0905. The minimum absolute atomic E-state index is 0.0454. The number of carboxylic acid groups (broad SMARTS) is 2. The Bertz CT molecular complexity index is 1630. The Labute approximate surface area is 245 Å². The first-order valence-corrected chi connectivity index (χ1v) is 13.5. The maximum atomic E-state index is 13.5.